The molecule has 0 fully saturated rings. The molecule has 2 aromatic rings. The molecule has 0 aliphatic rings. The number of hydrogen-bond donors (Lipinski definition) is 1. The van der Waals surface area contributed by atoms with Crippen molar-refractivity contribution in [3.8, 4) is 0 Å². The lowest BCUT2D eigenvalue weighted by molar-refractivity contribution is 0.336. The smallest absolute Gasteiger partial charge is 0.204 e. The summed E-state index contributed by atoms with van der Waals surface area (Å²) in [5.74, 6) is 0. The van der Waals surface area contributed by atoms with E-state index in [2.05, 4.69) is 4.98 Å². The van der Waals surface area contributed by atoms with Crippen LogP contribution in [-0.4, -0.2) is 18.3 Å². The van der Waals surface area contributed by atoms with E-state index in [1.54, 1.807) is 6.66 Å². The average molecular weight is 302 g/mol. The summed E-state index contributed by atoms with van der Waals surface area (Å²) in [6, 6.07) is 5.63. The molecule has 1 atom stereocenters. The van der Waals surface area contributed by atoms with Crippen molar-refractivity contribution in [1.29, 1.82) is 0 Å². The van der Waals surface area contributed by atoms with Crippen molar-refractivity contribution >= 4 is 29.9 Å². The third kappa shape index (κ3) is 4.38. The number of rotatable bonds is 4. The van der Waals surface area contributed by atoms with Gasteiger partial charge in [-0.25, -0.2) is 0 Å². The van der Waals surface area contributed by atoms with Gasteiger partial charge in [0.25, 0.3) is 0 Å². The molecular weight excluding hydrogens is 281 g/mol. The first-order chi connectivity index (χ1) is 9.02. The number of nitrogens with one attached hydrogen (secondary N) is 1. The highest BCUT2D eigenvalue weighted by Gasteiger charge is 2.18. The van der Waals surface area contributed by atoms with E-state index in [-0.39, 0.29) is 0 Å². The average Bonchev–Trinajstić information content (AvgIpc) is 2.74. The van der Waals surface area contributed by atoms with Crippen LogP contribution in [0, 0.1) is 0 Å². The van der Waals surface area contributed by atoms with Crippen LogP contribution >= 0.6 is 19.0 Å². The Morgan fingerprint density at radius 3 is 2.68 bits per heavy atom. The van der Waals surface area contributed by atoms with E-state index in [9.17, 15) is 4.57 Å². The van der Waals surface area contributed by atoms with Gasteiger partial charge in [0.1, 0.15) is 0 Å². The highest BCUT2D eigenvalue weighted by molar-refractivity contribution is 7.57. The molecule has 0 saturated heterocycles. The second kappa shape index (κ2) is 7.14. The van der Waals surface area contributed by atoms with Crippen molar-refractivity contribution in [1.82, 2.24) is 4.98 Å². The maximum atomic E-state index is 12.1. The van der Waals surface area contributed by atoms with Crippen molar-refractivity contribution in [2.75, 3.05) is 13.3 Å². The minimum absolute atomic E-state index is 0.432. The van der Waals surface area contributed by atoms with E-state index in [0.717, 1.165) is 16.5 Å². The van der Waals surface area contributed by atoms with E-state index in [0.29, 0.717) is 17.8 Å². The van der Waals surface area contributed by atoms with Gasteiger partial charge in [-0.1, -0.05) is 25.4 Å². The number of fused-ring (bicyclic) bond motifs is 1. The van der Waals surface area contributed by atoms with E-state index in [1.165, 1.54) is 0 Å². The Morgan fingerprint density at radius 1 is 1.37 bits per heavy atom. The largest absolute Gasteiger partial charge is 0.361 e. The fourth-order valence-corrected chi connectivity index (χ4v) is 3.60. The molecule has 5 heteroatoms. The van der Waals surface area contributed by atoms with E-state index < -0.39 is 7.37 Å². The summed E-state index contributed by atoms with van der Waals surface area (Å²) in [4.78, 5) is 3.14. The van der Waals surface area contributed by atoms with Crippen molar-refractivity contribution in [3.63, 3.8) is 0 Å². The van der Waals surface area contributed by atoms with E-state index in [1.807, 2.05) is 45.2 Å². The molecule has 1 aromatic heterocycles. The number of benzene rings is 1. The molecule has 1 heterocycles. The first kappa shape index (κ1) is 16.3. The molecule has 1 unspecified atom stereocenters. The summed E-state index contributed by atoms with van der Waals surface area (Å²) in [7, 11) is -2.56. The van der Waals surface area contributed by atoms with Crippen LogP contribution in [0.5, 0.6) is 0 Å². The molecule has 2 rings (SSSR count). The molecule has 1 N–H and O–H groups in total. The minimum atomic E-state index is -2.56. The standard InChI is InChI=1S/C12H15ClNO2P.C2H6/c1-3-16-17(2,15)8-9-7-14-12-5-4-10(13)6-11(9)12;1-2/h4-7,14H,3,8H2,1-2H3;1-2H3. The normalized spacial score (nSPS) is 13.7. The van der Waals surface area contributed by atoms with Gasteiger partial charge in [-0.15, -0.1) is 0 Å². The van der Waals surface area contributed by atoms with Crippen LogP contribution in [0.2, 0.25) is 5.02 Å². The maximum absolute atomic E-state index is 12.1. The molecule has 3 nitrogen and oxygen atoms in total. The molecule has 0 bridgehead atoms. The van der Waals surface area contributed by atoms with Gasteiger partial charge in [0.15, 0.2) is 0 Å². The highest BCUT2D eigenvalue weighted by Crippen LogP contribution is 2.47. The highest BCUT2D eigenvalue weighted by atomic mass is 35.5. The summed E-state index contributed by atoms with van der Waals surface area (Å²) in [5.41, 5.74) is 1.99. The first-order valence-electron chi connectivity index (χ1n) is 6.48. The van der Waals surface area contributed by atoms with Crippen LogP contribution in [0.3, 0.4) is 0 Å². The summed E-state index contributed by atoms with van der Waals surface area (Å²) in [6.07, 6.45) is 2.30. The quantitative estimate of drug-likeness (QED) is 0.779. The summed E-state index contributed by atoms with van der Waals surface area (Å²) in [6.45, 7) is 7.99. The van der Waals surface area contributed by atoms with Gasteiger partial charge >= 0.3 is 0 Å². The summed E-state index contributed by atoms with van der Waals surface area (Å²) in [5, 5.41) is 1.69. The van der Waals surface area contributed by atoms with Gasteiger partial charge in [0, 0.05) is 28.8 Å². The predicted molar refractivity (Wildman–Crippen MR) is 83.5 cm³/mol. The third-order valence-electron chi connectivity index (χ3n) is 2.59. The monoisotopic (exact) mass is 301 g/mol. The summed E-state index contributed by atoms with van der Waals surface area (Å²) >= 11 is 5.97. The fraction of sp³-hybridized carbons (Fsp3) is 0.429. The van der Waals surface area contributed by atoms with Gasteiger partial charge in [-0.2, -0.15) is 0 Å². The van der Waals surface area contributed by atoms with Crippen LogP contribution < -0.4 is 0 Å². The lowest BCUT2D eigenvalue weighted by atomic mass is 10.2. The van der Waals surface area contributed by atoms with Crippen molar-refractivity contribution in [2.24, 2.45) is 0 Å². The number of H-pyrrole nitrogens is 1. The van der Waals surface area contributed by atoms with Gasteiger partial charge in [-0.3, -0.25) is 4.57 Å². The van der Waals surface area contributed by atoms with Gasteiger partial charge in [0.05, 0.1) is 12.8 Å². The third-order valence-corrected chi connectivity index (χ3v) is 4.54. The van der Waals surface area contributed by atoms with Crippen molar-refractivity contribution in [3.05, 3.63) is 35.0 Å². The predicted octanol–water partition coefficient (Wildman–Crippen LogP) is 5.29. The molecule has 0 radical (unpaired) electrons. The lowest BCUT2D eigenvalue weighted by Gasteiger charge is -2.11. The Hall–Kier alpha value is -0.760. The zero-order valence-corrected chi connectivity index (χ0v) is 13.5. The van der Waals surface area contributed by atoms with Gasteiger partial charge in [-0.05, 0) is 30.7 Å². The number of aromatic nitrogens is 1. The molecule has 0 aliphatic carbocycles. The first-order valence-corrected chi connectivity index (χ1v) is 9.12. The maximum Gasteiger partial charge on any atom is 0.204 e. The Kier molecular flexibility index (Phi) is 6.12. The zero-order chi connectivity index (χ0) is 14.5. The second-order valence-corrected chi connectivity index (χ2v) is 7.13. The number of halogens is 1. The number of hydrogen-bond acceptors (Lipinski definition) is 2. The molecule has 0 spiro atoms. The molecule has 1 aromatic carbocycles. The zero-order valence-electron chi connectivity index (χ0n) is 11.9. The Balaban J connectivity index is 0.000000861. The van der Waals surface area contributed by atoms with Crippen molar-refractivity contribution < 1.29 is 9.09 Å². The molecule has 106 valence electrons. The van der Waals surface area contributed by atoms with E-state index in [4.69, 9.17) is 16.1 Å². The fourth-order valence-electron chi connectivity index (χ4n) is 1.91. The van der Waals surface area contributed by atoms with Crippen LogP contribution in [0.1, 0.15) is 26.3 Å². The van der Waals surface area contributed by atoms with Gasteiger partial charge < -0.3 is 9.51 Å². The lowest BCUT2D eigenvalue weighted by Crippen LogP contribution is -1.91. The van der Waals surface area contributed by atoms with Crippen LogP contribution in [0.4, 0.5) is 0 Å². The van der Waals surface area contributed by atoms with Crippen LogP contribution in [-0.2, 0) is 15.3 Å². The Bertz CT molecular complexity index is 580. The van der Waals surface area contributed by atoms with E-state index >= 15 is 0 Å². The second-order valence-electron chi connectivity index (χ2n) is 4.09. The molecule has 0 amide bonds. The molecule has 0 saturated carbocycles. The summed E-state index contributed by atoms with van der Waals surface area (Å²) < 4.78 is 17.4. The molecular formula is C14H21ClNO2P. The Labute approximate surface area is 119 Å². The number of aromatic amines is 1. The molecule has 0 aliphatic heterocycles. The minimum Gasteiger partial charge on any atom is -0.361 e. The van der Waals surface area contributed by atoms with Crippen LogP contribution in [0.15, 0.2) is 24.4 Å². The molecule has 19 heavy (non-hydrogen) atoms. The van der Waals surface area contributed by atoms with Crippen LogP contribution in [0.25, 0.3) is 10.9 Å². The van der Waals surface area contributed by atoms with Crippen molar-refractivity contribution in [2.45, 2.75) is 26.9 Å². The SMILES string of the molecule is CC.CCOP(C)(=O)Cc1c[nH]c2ccc(Cl)cc12. The Morgan fingerprint density at radius 2 is 2.05 bits per heavy atom. The van der Waals surface area contributed by atoms with Gasteiger partial charge in [0.2, 0.25) is 7.37 Å². The topological polar surface area (TPSA) is 42.1 Å².